The first-order valence-electron chi connectivity index (χ1n) is 9.33. The van der Waals surface area contributed by atoms with Crippen molar-refractivity contribution in [3.05, 3.63) is 96.1 Å². The Balaban J connectivity index is 0.00000192. The fourth-order valence-corrected chi connectivity index (χ4v) is 4.00. The van der Waals surface area contributed by atoms with Gasteiger partial charge in [-0.1, -0.05) is 84.9 Å². The molecule has 2 heteroatoms. The maximum atomic E-state index is 5.15. The van der Waals surface area contributed by atoms with Crippen LogP contribution < -0.4 is 56.4 Å². The van der Waals surface area contributed by atoms with Gasteiger partial charge in [-0.2, -0.15) is 0 Å². The maximum Gasteiger partial charge on any atom is 1.00 e. The molecule has 1 aromatic heterocycles. The molecular weight excluding hydrogens is 365 g/mol. The summed E-state index contributed by atoms with van der Waals surface area (Å²) in [7, 11) is 0. The molecular formula is C26H20KN. The molecule has 0 aliphatic rings. The molecule has 0 saturated heterocycles. The van der Waals surface area contributed by atoms with Crippen molar-refractivity contribution < 1.29 is 51.4 Å². The van der Waals surface area contributed by atoms with Gasteiger partial charge in [-0.15, -0.1) is 11.0 Å². The van der Waals surface area contributed by atoms with Gasteiger partial charge in [0.1, 0.15) is 0 Å². The monoisotopic (exact) mass is 385 g/mol. The average Bonchev–Trinajstić information content (AvgIpc) is 3.06. The molecule has 0 saturated carbocycles. The Labute approximate surface area is 208 Å². The second kappa shape index (κ2) is 7.98. The number of hydrogen-bond acceptors (Lipinski definition) is 0. The van der Waals surface area contributed by atoms with Gasteiger partial charge in [0.05, 0.1) is 0 Å². The number of nitrogens with zero attached hydrogens (tertiary/aromatic N) is 1. The van der Waals surface area contributed by atoms with Crippen molar-refractivity contribution in [1.82, 2.24) is 4.98 Å². The van der Waals surface area contributed by atoms with Crippen molar-refractivity contribution >= 4 is 21.8 Å². The second-order valence-electron chi connectivity index (χ2n) is 7.26. The topological polar surface area (TPSA) is 14.1 Å². The molecule has 0 unspecified atom stereocenters. The van der Waals surface area contributed by atoms with Gasteiger partial charge in [0.2, 0.25) is 0 Å². The van der Waals surface area contributed by atoms with Gasteiger partial charge in [0.25, 0.3) is 0 Å². The third kappa shape index (κ3) is 3.40. The van der Waals surface area contributed by atoms with Crippen LogP contribution in [-0.4, -0.2) is 0 Å². The predicted octanol–water partition coefficient (Wildman–Crippen LogP) is 3.91. The molecule has 0 bridgehead atoms. The zero-order chi connectivity index (χ0) is 18.4. The number of benzene rings is 4. The third-order valence-electron chi connectivity index (χ3n) is 5.19. The van der Waals surface area contributed by atoms with Gasteiger partial charge in [-0.3, -0.25) is 0 Å². The summed E-state index contributed by atoms with van der Waals surface area (Å²) in [6.07, 6.45) is 0. The molecule has 4 aromatic carbocycles. The number of aromatic nitrogens is 1. The van der Waals surface area contributed by atoms with E-state index in [4.69, 9.17) is 4.98 Å². The fraction of sp³-hybridized carbons (Fsp3) is 0.0769. The summed E-state index contributed by atoms with van der Waals surface area (Å²) in [5, 5.41) is 2.48. The molecule has 0 radical (unpaired) electrons. The van der Waals surface area contributed by atoms with Crippen LogP contribution in [0.25, 0.3) is 44.1 Å². The largest absolute Gasteiger partial charge is 1.00 e. The molecule has 5 aromatic rings. The Hall–Kier alpha value is -1.68. The maximum absolute atomic E-state index is 5.15. The van der Waals surface area contributed by atoms with Crippen LogP contribution >= 0.6 is 0 Å². The molecule has 0 atom stereocenters. The summed E-state index contributed by atoms with van der Waals surface area (Å²) in [6, 6.07) is 30.2. The van der Waals surface area contributed by atoms with Crippen molar-refractivity contribution in [2.75, 3.05) is 0 Å². The van der Waals surface area contributed by atoms with Gasteiger partial charge >= 0.3 is 51.4 Å². The molecule has 0 spiro atoms. The van der Waals surface area contributed by atoms with Crippen LogP contribution in [0.4, 0.5) is 0 Å². The van der Waals surface area contributed by atoms with Crippen molar-refractivity contribution in [2.45, 2.75) is 13.8 Å². The Bertz CT molecular complexity index is 1170. The SMILES string of the molecule is Cc1cc(-c2ccccc2)c2[n-]c3c(-c4ccccc4)cc(C)cc3c2c1.[K+]. The van der Waals surface area contributed by atoms with Crippen LogP contribution in [0.1, 0.15) is 11.1 Å². The van der Waals surface area contributed by atoms with Crippen LogP contribution in [0.15, 0.2) is 84.9 Å². The molecule has 1 nitrogen and oxygen atoms in total. The van der Waals surface area contributed by atoms with E-state index in [0.717, 1.165) is 11.0 Å². The van der Waals surface area contributed by atoms with Gasteiger partial charge in [0.15, 0.2) is 0 Å². The Morgan fingerprint density at radius 1 is 0.536 bits per heavy atom. The first-order chi connectivity index (χ1) is 13.2. The summed E-state index contributed by atoms with van der Waals surface area (Å²) < 4.78 is 0. The smallest absolute Gasteiger partial charge is 0.656 e. The molecule has 0 amide bonds. The molecule has 28 heavy (non-hydrogen) atoms. The van der Waals surface area contributed by atoms with E-state index >= 15 is 0 Å². The van der Waals surface area contributed by atoms with E-state index in [2.05, 4.69) is 98.8 Å². The zero-order valence-corrected chi connectivity index (χ0v) is 19.7. The van der Waals surface area contributed by atoms with Crippen LogP contribution in [0.5, 0.6) is 0 Å². The Kier molecular flexibility index (Phi) is 5.59. The van der Waals surface area contributed by atoms with E-state index in [9.17, 15) is 0 Å². The Morgan fingerprint density at radius 3 is 1.32 bits per heavy atom. The minimum absolute atomic E-state index is 0. The van der Waals surface area contributed by atoms with Crippen LogP contribution in [0.2, 0.25) is 0 Å². The van der Waals surface area contributed by atoms with Crippen LogP contribution in [-0.2, 0) is 0 Å². The van der Waals surface area contributed by atoms with Crippen molar-refractivity contribution in [3.8, 4) is 22.3 Å². The van der Waals surface area contributed by atoms with Crippen molar-refractivity contribution in [1.29, 1.82) is 0 Å². The average molecular weight is 386 g/mol. The van der Waals surface area contributed by atoms with Crippen LogP contribution in [0.3, 0.4) is 0 Å². The van der Waals surface area contributed by atoms with Gasteiger partial charge in [0, 0.05) is 0 Å². The summed E-state index contributed by atoms with van der Waals surface area (Å²) in [4.78, 5) is 5.15. The first-order valence-corrected chi connectivity index (χ1v) is 9.33. The normalized spacial score (nSPS) is 10.9. The summed E-state index contributed by atoms with van der Waals surface area (Å²) in [5.74, 6) is 0. The van der Waals surface area contributed by atoms with E-state index in [-0.39, 0.29) is 51.4 Å². The molecule has 0 N–H and O–H groups in total. The third-order valence-corrected chi connectivity index (χ3v) is 5.19. The molecule has 5 rings (SSSR count). The summed E-state index contributed by atoms with van der Waals surface area (Å²) in [6.45, 7) is 4.33. The minimum atomic E-state index is 0. The molecule has 130 valence electrons. The van der Waals surface area contributed by atoms with Gasteiger partial charge in [-0.25, -0.2) is 0 Å². The first kappa shape index (κ1) is 19.6. The standard InChI is InChI=1S/C26H20N.K/c1-17-13-21(19-9-5-3-6-10-19)25-23(15-17)24-16-18(2)14-22(26(24)27-25)20-11-7-4-8-12-20;/h3-16H,1-2H3;/q-1;+1. The second-order valence-corrected chi connectivity index (χ2v) is 7.26. The van der Waals surface area contributed by atoms with E-state index < -0.39 is 0 Å². The number of fused-ring (bicyclic) bond motifs is 3. The summed E-state index contributed by atoms with van der Waals surface area (Å²) in [5.41, 5.74) is 9.54. The van der Waals surface area contributed by atoms with E-state index in [1.54, 1.807) is 0 Å². The van der Waals surface area contributed by atoms with E-state index in [1.165, 1.54) is 44.2 Å². The van der Waals surface area contributed by atoms with Crippen molar-refractivity contribution in [3.63, 3.8) is 0 Å². The summed E-state index contributed by atoms with van der Waals surface area (Å²) >= 11 is 0. The molecule has 0 aliphatic carbocycles. The number of hydrogen-bond donors (Lipinski definition) is 0. The van der Waals surface area contributed by atoms with E-state index in [1.807, 2.05) is 0 Å². The minimum Gasteiger partial charge on any atom is -0.656 e. The van der Waals surface area contributed by atoms with Gasteiger partial charge in [-0.05, 0) is 58.0 Å². The number of aryl methyl sites for hydroxylation is 2. The van der Waals surface area contributed by atoms with Gasteiger partial charge < -0.3 is 4.98 Å². The zero-order valence-electron chi connectivity index (χ0n) is 16.5. The fourth-order valence-electron chi connectivity index (χ4n) is 4.00. The van der Waals surface area contributed by atoms with Crippen LogP contribution in [0, 0.1) is 13.8 Å². The number of rotatable bonds is 2. The molecule has 0 fully saturated rings. The van der Waals surface area contributed by atoms with Crippen molar-refractivity contribution in [2.24, 2.45) is 0 Å². The Morgan fingerprint density at radius 2 is 0.929 bits per heavy atom. The van der Waals surface area contributed by atoms with E-state index in [0.29, 0.717) is 0 Å². The molecule has 1 heterocycles. The predicted molar refractivity (Wildman–Crippen MR) is 115 cm³/mol. The quantitative estimate of drug-likeness (QED) is 0.420. The molecule has 0 aliphatic heterocycles.